The summed E-state index contributed by atoms with van der Waals surface area (Å²) in [6, 6.07) is 2.68. The molecule has 4 fully saturated rings. The molecule has 4 aliphatic rings. The van der Waals surface area contributed by atoms with Crippen molar-refractivity contribution in [3.8, 4) is 6.07 Å². The molecule has 0 aromatic rings. The second-order valence-corrected chi connectivity index (χ2v) is 10.0. The zero-order valence-corrected chi connectivity index (χ0v) is 15.5. The van der Waals surface area contributed by atoms with Crippen molar-refractivity contribution in [2.45, 2.75) is 85.0 Å². The van der Waals surface area contributed by atoms with Gasteiger partial charge in [0.2, 0.25) is 0 Å². The molecule has 0 N–H and O–H groups in total. The van der Waals surface area contributed by atoms with Gasteiger partial charge in [-0.05, 0) is 91.8 Å². The third kappa shape index (κ3) is 2.16. The molecule has 0 radical (unpaired) electrons. The van der Waals surface area contributed by atoms with E-state index < -0.39 is 0 Å². The highest BCUT2D eigenvalue weighted by atomic mass is 14.6. The molecule has 0 aromatic carbocycles. The van der Waals surface area contributed by atoms with Gasteiger partial charge in [-0.1, -0.05) is 33.6 Å². The fourth-order valence-corrected chi connectivity index (χ4v) is 8.05. The van der Waals surface area contributed by atoms with Crippen LogP contribution in [0.5, 0.6) is 0 Å². The Morgan fingerprint density at radius 1 is 0.913 bits per heavy atom. The molecule has 0 amide bonds. The monoisotopic (exact) mass is 313 g/mol. The van der Waals surface area contributed by atoms with Crippen LogP contribution in [0.25, 0.3) is 0 Å². The lowest BCUT2D eigenvalue weighted by atomic mass is 9.44. The van der Waals surface area contributed by atoms with Crippen LogP contribution in [0, 0.1) is 57.7 Å². The van der Waals surface area contributed by atoms with Crippen LogP contribution >= 0.6 is 0 Å². The Hall–Kier alpha value is -0.510. The smallest absolute Gasteiger partial charge is 0.0661 e. The highest BCUT2D eigenvalue weighted by Gasteiger charge is 2.60. The topological polar surface area (TPSA) is 23.8 Å². The van der Waals surface area contributed by atoms with Crippen molar-refractivity contribution < 1.29 is 0 Å². The standard InChI is InChI=1S/C22H35N/c1-4-15-5-6-16-7-9-18-19-10-8-17(14-23)21(19,2)12-11-20(18)22(16,3)13-15/h15-20H,4-13H2,1-3H3/t15?,16?,17?,18?,19?,20-,21?,22?/m0/s1. The predicted molar refractivity (Wildman–Crippen MR) is 94.6 cm³/mol. The Balaban J connectivity index is 1.62. The van der Waals surface area contributed by atoms with Crippen LogP contribution < -0.4 is 0 Å². The minimum absolute atomic E-state index is 0.341. The maximum atomic E-state index is 9.62. The first kappa shape index (κ1) is 16.0. The van der Waals surface area contributed by atoms with Crippen LogP contribution in [0.4, 0.5) is 0 Å². The van der Waals surface area contributed by atoms with E-state index in [4.69, 9.17) is 0 Å². The van der Waals surface area contributed by atoms with E-state index in [0.717, 1.165) is 29.6 Å². The van der Waals surface area contributed by atoms with E-state index in [2.05, 4.69) is 26.8 Å². The third-order valence-electron chi connectivity index (χ3n) is 9.45. The Morgan fingerprint density at radius 3 is 2.39 bits per heavy atom. The lowest BCUT2D eigenvalue weighted by Crippen LogP contribution is -2.53. The Labute approximate surface area is 143 Å². The van der Waals surface area contributed by atoms with Gasteiger partial charge in [-0.25, -0.2) is 0 Å². The van der Waals surface area contributed by atoms with Crippen molar-refractivity contribution in [2.75, 3.05) is 0 Å². The molecule has 0 heterocycles. The average Bonchev–Trinajstić information content (AvgIpc) is 2.90. The van der Waals surface area contributed by atoms with Gasteiger partial charge < -0.3 is 0 Å². The SMILES string of the molecule is CCC1CCC2CCC3C4CCC(C#N)C4(C)CC[C@@H]3C2(C)C1. The number of nitrogens with zero attached hydrogens (tertiary/aromatic N) is 1. The molecule has 128 valence electrons. The highest BCUT2D eigenvalue weighted by molar-refractivity contribution is 5.12. The van der Waals surface area contributed by atoms with Crippen LogP contribution in [-0.4, -0.2) is 0 Å². The van der Waals surface area contributed by atoms with Crippen LogP contribution in [0.3, 0.4) is 0 Å². The molecule has 1 heteroatoms. The molecule has 23 heavy (non-hydrogen) atoms. The summed E-state index contributed by atoms with van der Waals surface area (Å²) < 4.78 is 0. The normalized spacial score (nSPS) is 55.4. The maximum absolute atomic E-state index is 9.62. The first-order chi connectivity index (χ1) is 11.0. The van der Waals surface area contributed by atoms with Gasteiger partial charge in [0.1, 0.15) is 0 Å². The summed E-state index contributed by atoms with van der Waals surface area (Å²) in [7, 11) is 0. The summed E-state index contributed by atoms with van der Waals surface area (Å²) >= 11 is 0. The van der Waals surface area contributed by atoms with Crippen molar-refractivity contribution in [1.29, 1.82) is 5.26 Å². The molecule has 0 aromatic heterocycles. The van der Waals surface area contributed by atoms with E-state index >= 15 is 0 Å². The molecule has 4 saturated carbocycles. The number of rotatable bonds is 1. The zero-order valence-electron chi connectivity index (χ0n) is 15.5. The maximum Gasteiger partial charge on any atom is 0.0661 e. The van der Waals surface area contributed by atoms with E-state index in [0.29, 0.717) is 16.7 Å². The van der Waals surface area contributed by atoms with Crippen LogP contribution in [0.1, 0.15) is 85.0 Å². The molecule has 0 saturated heterocycles. The molecular formula is C22H35N. The van der Waals surface area contributed by atoms with Crippen LogP contribution in [-0.2, 0) is 0 Å². The fraction of sp³-hybridized carbons (Fsp3) is 0.955. The van der Waals surface area contributed by atoms with E-state index in [1.54, 1.807) is 0 Å². The lowest BCUT2D eigenvalue weighted by molar-refractivity contribution is -0.117. The van der Waals surface area contributed by atoms with Crippen LogP contribution in [0.15, 0.2) is 0 Å². The average molecular weight is 314 g/mol. The Bertz CT molecular complexity index is 505. The van der Waals surface area contributed by atoms with Crippen molar-refractivity contribution in [1.82, 2.24) is 0 Å². The molecule has 1 nitrogen and oxygen atoms in total. The number of hydrogen-bond acceptors (Lipinski definition) is 1. The third-order valence-corrected chi connectivity index (χ3v) is 9.45. The van der Waals surface area contributed by atoms with Gasteiger partial charge in [-0.15, -0.1) is 0 Å². The largest absolute Gasteiger partial charge is 0.198 e. The van der Waals surface area contributed by atoms with E-state index in [9.17, 15) is 5.26 Å². The molecule has 0 aliphatic heterocycles. The van der Waals surface area contributed by atoms with Gasteiger partial charge in [-0.3, -0.25) is 0 Å². The molecular weight excluding hydrogens is 278 g/mol. The van der Waals surface area contributed by atoms with E-state index in [1.165, 1.54) is 64.2 Å². The number of hydrogen-bond donors (Lipinski definition) is 0. The summed E-state index contributed by atoms with van der Waals surface area (Å²) in [5.74, 6) is 5.08. The van der Waals surface area contributed by atoms with Gasteiger partial charge in [0.25, 0.3) is 0 Å². The van der Waals surface area contributed by atoms with Gasteiger partial charge in [0, 0.05) is 0 Å². The summed E-state index contributed by atoms with van der Waals surface area (Å²) in [6.45, 7) is 7.55. The molecule has 4 aliphatic carbocycles. The summed E-state index contributed by atoms with van der Waals surface area (Å²) in [5.41, 5.74) is 0.964. The van der Waals surface area contributed by atoms with Crippen molar-refractivity contribution in [3.63, 3.8) is 0 Å². The molecule has 7 unspecified atom stereocenters. The minimum Gasteiger partial charge on any atom is -0.198 e. The molecule has 0 bridgehead atoms. The molecule has 0 spiro atoms. The predicted octanol–water partition coefficient (Wildman–Crippen LogP) is 6.20. The van der Waals surface area contributed by atoms with Crippen molar-refractivity contribution in [2.24, 2.45) is 46.3 Å². The van der Waals surface area contributed by atoms with Gasteiger partial charge in [-0.2, -0.15) is 5.26 Å². The molecule has 8 atom stereocenters. The fourth-order valence-electron chi connectivity index (χ4n) is 8.05. The van der Waals surface area contributed by atoms with Crippen LogP contribution in [0.2, 0.25) is 0 Å². The first-order valence-corrected chi connectivity index (χ1v) is 10.4. The number of fused-ring (bicyclic) bond motifs is 5. The van der Waals surface area contributed by atoms with Gasteiger partial charge in [0.15, 0.2) is 0 Å². The van der Waals surface area contributed by atoms with E-state index in [-0.39, 0.29) is 0 Å². The molecule has 4 rings (SSSR count). The first-order valence-electron chi connectivity index (χ1n) is 10.4. The van der Waals surface area contributed by atoms with Crippen molar-refractivity contribution >= 4 is 0 Å². The second kappa shape index (κ2) is 5.50. The Morgan fingerprint density at radius 2 is 1.65 bits per heavy atom. The minimum atomic E-state index is 0.341. The summed E-state index contributed by atoms with van der Waals surface area (Å²) in [5, 5.41) is 9.62. The lowest BCUT2D eigenvalue weighted by Gasteiger charge is -2.61. The van der Waals surface area contributed by atoms with E-state index in [1.807, 2.05) is 0 Å². The second-order valence-electron chi connectivity index (χ2n) is 10.0. The van der Waals surface area contributed by atoms with Crippen molar-refractivity contribution in [3.05, 3.63) is 0 Å². The zero-order chi connectivity index (χ0) is 16.2. The quantitative estimate of drug-likeness (QED) is 0.565. The summed E-state index contributed by atoms with van der Waals surface area (Å²) in [6.07, 6.45) is 14.1. The number of nitriles is 1. The van der Waals surface area contributed by atoms with Gasteiger partial charge in [0.05, 0.1) is 12.0 Å². The Kier molecular flexibility index (Phi) is 3.82. The van der Waals surface area contributed by atoms with Gasteiger partial charge >= 0.3 is 0 Å². The highest BCUT2D eigenvalue weighted by Crippen LogP contribution is 2.67. The summed E-state index contributed by atoms with van der Waals surface area (Å²) in [4.78, 5) is 0.